The van der Waals surface area contributed by atoms with Crippen LogP contribution in [-0.4, -0.2) is 24.2 Å². The fourth-order valence-corrected chi connectivity index (χ4v) is 2.65. The van der Waals surface area contributed by atoms with Crippen LogP contribution in [0.5, 0.6) is 0 Å². The molecule has 128 valence electrons. The molecule has 0 radical (unpaired) electrons. The molecule has 0 spiro atoms. The Kier molecular flexibility index (Phi) is 7.17. The minimum absolute atomic E-state index is 0.381. The predicted octanol–water partition coefficient (Wildman–Crippen LogP) is 3.74. The van der Waals surface area contributed by atoms with Gasteiger partial charge >= 0.3 is 0 Å². The van der Waals surface area contributed by atoms with Gasteiger partial charge in [-0.05, 0) is 44.9 Å². The first-order valence-corrected chi connectivity index (χ1v) is 8.84. The summed E-state index contributed by atoms with van der Waals surface area (Å²) < 4.78 is 5.33. The average Bonchev–Trinajstić information content (AvgIpc) is 3.03. The van der Waals surface area contributed by atoms with E-state index in [4.69, 9.17) is 4.52 Å². The molecule has 0 saturated carbocycles. The van der Waals surface area contributed by atoms with Crippen LogP contribution in [0.4, 0.5) is 0 Å². The van der Waals surface area contributed by atoms with Crippen molar-refractivity contribution in [2.24, 2.45) is 4.99 Å². The summed E-state index contributed by atoms with van der Waals surface area (Å²) >= 11 is 0. The van der Waals surface area contributed by atoms with Gasteiger partial charge in [0.1, 0.15) is 6.54 Å². The number of allylic oxidation sites excluding steroid dienone is 1. The van der Waals surface area contributed by atoms with Crippen molar-refractivity contribution in [1.29, 1.82) is 0 Å². The molecular formula is C18H30N4O. The van der Waals surface area contributed by atoms with Crippen molar-refractivity contribution in [3.05, 3.63) is 29.2 Å². The van der Waals surface area contributed by atoms with Crippen LogP contribution in [0.1, 0.15) is 70.2 Å². The second kappa shape index (κ2) is 9.38. The molecule has 1 aliphatic rings. The summed E-state index contributed by atoms with van der Waals surface area (Å²) in [6.45, 7) is 8.57. The van der Waals surface area contributed by atoms with Gasteiger partial charge in [-0.2, -0.15) is 0 Å². The maximum absolute atomic E-state index is 5.33. The molecule has 0 atom stereocenters. The van der Waals surface area contributed by atoms with Crippen LogP contribution in [0, 0.1) is 0 Å². The van der Waals surface area contributed by atoms with Gasteiger partial charge in [0.2, 0.25) is 0 Å². The SMILES string of the molecule is CCNC(=NCc1cc(C(C)C)no1)NCCC1=CCCCC1. The van der Waals surface area contributed by atoms with Gasteiger partial charge in [-0.25, -0.2) is 4.99 Å². The van der Waals surface area contributed by atoms with Crippen LogP contribution in [0.25, 0.3) is 0 Å². The largest absolute Gasteiger partial charge is 0.359 e. The van der Waals surface area contributed by atoms with Crippen LogP contribution in [0.15, 0.2) is 27.2 Å². The van der Waals surface area contributed by atoms with E-state index in [0.717, 1.165) is 36.9 Å². The van der Waals surface area contributed by atoms with Crippen LogP contribution in [-0.2, 0) is 6.54 Å². The molecule has 0 unspecified atom stereocenters. The van der Waals surface area contributed by atoms with Crippen molar-refractivity contribution >= 4 is 5.96 Å². The summed E-state index contributed by atoms with van der Waals surface area (Å²) in [7, 11) is 0. The first kappa shape index (κ1) is 17.6. The Morgan fingerprint density at radius 1 is 1.35 bits per heavy atom. The summed E-state index contributed by atoms with van der Waals surface area (Å²) in [5, 5.41) is 10.8. The summed E-state index contributed by atoms with van der Waals surface area (Å²) in [6, 6.07) is 1.99. The van der Waals surface area contributed by atoms with Gasteiger partial charge in [0.05, 0.1) is 5.69 Å². The Morgan fingerprint density at radius 2 is 2.22 bits per heavy atom. The Morgan fingerprint density at radius 3 is 2.87 bits per heavy atom. The van der Waals surface area contributed by atoms with Crippen molar-refractivity contribution in [3.63, 3.8) is 0 Å². The van der Waals surface area contributed by atoms with E-state index in [9.17, 15) is 0 Å². The molecule has 23 heavy (non-hydrogen) atoms. The Labute approximate surface area is 139 Å². The zero-order chi connectivity index (χ0) is 16.5. The highest BCUT2D eigenvalue weighted by molar-refractivity contribution is 5.79. The molecule has 2 rings (SSSR count). The summed E-state index contributed by atoms with van der Waals surface area (Å²) in [5.74, 6) is 2.03. The highest BCUT2D eigenvalue weighted by Crippen LogP contribution is 2.19. The Balaban J connectivity index is 1.82. The molecule has 5 nitrogen and oxygen atoms in total. The number of guanidine groups is 1. The average molecular weight is 318 g/mol. The quantitative estimate of drug-likeness (QED) is 0.457. The van der Waals surface area contributed by atoms with E-state index in [-0.39, 0.29) is 0 Å². The molecule has 0 amide bonds. The predicted molar refractivity (Wildman–Crippen MR) is 94.6 cm³/mol. The number of hydrogen-bond acceptors (Lipinski definition) is 3. The molecule has 2 N–H and O–H groups in total. The number of aliphatic imine (C=N–C) groups is 1. The minimum atomic E-state index is 0.381. The van der Waals surface area contributed by atoms with Crippen molar-refractivity contribution in [2.45, 2.75) is 65.3 Å². The van der Waals surface area contributed by atoms with Crippen molar-refractivity contribution < 1.29 is 4.52 Å². The number of nitrogens with zero attached hydrogens (tertiary/aromatic N) is 2. The van der Waals surface area contributed by atoms with Gasteiger partial charge in [-0.3, -0.25) is 0 Å². The first-order valence-electron chi connectivity index (χ1n) is 8.84. The lowest BCUT2D eigenvalue weighted by atomic mass is 9.97. The molecule has 1 aliphatic carbocycles. The fourth-order valence-electron chi connectivity index (χ4n) is 2.65. The molecule has 1 heterocycles. The third kappa shape index (κ3) is 6.08. The van der Waals surface area contributed by atoms with Crippen molar-refractivity contribution in [2.75, 3.05) is 13.1 Å². The second-order valence-corrected chi connectivity index (χ2v) is 6.35. The van der Waals surface area contributed by atoms with E-state index in [1.54, 1.807) is 5.57 Å². The first-order chi connectivity index (χ1) is 11.2. The van der Waals surface area contributed by atoms with Gasteiger partial charge in [-0.15, -0.1) is 0 Å². The van der Waals surface area contributed by atoms with E-state index in [1.807, 2.05) is 6.07 Å². The summed E-state index contributed by atoms with van der Waals surface area (Å²) in [5.41, 5.74) is 2.56. The summed E-state index contributed by atoms with van der Waals surface area (Å²) in [4.78, 5) is 4.58. The monoisotopic (exact) mass is 318 g/mol. The lowest BCUT2D eigenvalue weighted by molar-refractivity contribution is 0.376. The van der Waals surface area contributed by atoms with Gasteiger partial charge in [0.25, 0.3) is 0 Å². The topological polar surface area (TPSA) is 62.5 Å². The number of nitrogens with one attached hydrogen (secondary N) is 2. The van der Waals surface area contributed by atoms with Crippen molar-refractivity contribution in [1.82, 2.24) is 15.8 Å². The lowest BCUT2D eigenvalue weighted by Gasteiger charge is -2.14. The third-order valence-electron chi connectivity index (χ3n) is 4.03. The molecule has 1 aromatic heterocycles. The molecule has 5 heteroatoms. The van der Waals surface area contributed by atoms with Crippen LogP contribution >= 0.6 is 0 Å². The summed E-state index contributed by atoms with van der Waals surface area (Å²) in [6.07, 6.45) is 8.68. The third-order valence-corrected chi connectivity index (χ3v) is 4.03. The molecule has 0 aromatic carbocycles. The number of rotatable bonds is 7. The van der Waals surface area contributed by atoms with Crippen LogP contribution < -0.4 is 10.6 Å². The number of aromatic nitrogens is 1. The van der Waals surface area contributed by atoms with E-state index >= 15 is 0 Å². The van der Waals surface area contributed by atoms with Gasteiger partial charge in [0, 0.05) is 19.2 Å². The van der Waals surface area contributed by atoms with Gasteiger partial charge in [-0.1, -0.05) is 30.7 Å². The Bertz CT molecular complexity index is 531. The number of hydrogen-bond donors (Lipinski definition) is 2. The molecule has 1 aromatic rings. The maximum atomic E-state index is 5.33. The molecule has 0 fully saturated rings. The van der Waals surface area contributed by atoms with E-state index < -0.39 is 0 Å². The fraction of sp³-hybridized carbons (Fsp3) is 0.667. The van der Waals surface area contributed by atoms with E-state index in [0.29, 0.717) is 12.5 Å². The smallest absolute Gasteiger partial charge is 0.191 e. The molecule has 0 saturated heterocycles. The standard InChI is InChI=1S/C18H30N4O/c1-4-19-18(20-11-10-15-8-6-5-7-9-15)21-13-16-12-17(14(2)3)22-23-16/h8,12,14H,4-7,9-11,13H2,1-3H3,(H2,19,20,21). The highest BCUT2D eigenvalue weighted by Gasteiger charge is 2.08. The van der Waals surface area contributed by atoms with E-state index in [2.05, 4.69) is 47.6 Å². The normalized spacial score (nSPS) is 15.7. The Hall–Kier alpha value is -1.78. The zero-order valence-corrected chi connectivity index (χ0v) is 14.7. The second-order valence-electron chi connectivity index (χ2n) is 6.35. The van der Waals surface area contributed by atoms with E-state index in [1.165, 1.54) is 25.7 Å². The van der Waals surface area contributed by atoms with Gasteiger partial charge in [0.15, 0.2) is 11.7 Å². The molecule has 0 bridgehead atoms. The molecular weight excluding hydrogens is 288 g/mol. The maximum Gasteiger partial charge on any atom is 0.191 e. The van der Waals surface area contributed by atoms with Crippen LogP contribution in [0.3, 0.4) is 0 Å². The minimum Gasteiger partial charge on any atom is -0.359 e. The lowest BCUT2D eigenvalue weighted by Crippen LogP contribution is -2.37. The van der Waals surface area contributed by atoms with Gasteiger partial charge < -0.3 is 15.2 Å². The van der Waals surface area contributed by atoms with Crippen LogP contribution in [0.2, 0.25) is 0 Å². The van der Waals surface area contributed by atoms with Crippen molar-refractivity contribution in [3.8, 4) is 0 Å². The highest BCUT2D eigenvalue weighted by atomic mass is 16.5. The molecule has 0 aliphatic heterocycles. The zero-order valence-electron chi connectivity index (χ0n) is 14.7.